The number of aryl methyl sites for hydroxylation is 1. The average Bonchev–Trinajstić information content (AvgIpc) is 3.44. The fraction of sp³-hybridized carbons (Fsp3) is 0.226. The first-order valence-corrected chi connectivity index (χ1v) is 14.9. The highest BCUT2D eigenvalue weighted by Crippen LogP contribution is 2.54. The van der Waals surface area contributed by atoms with E-state index in [2.05, 4.69) is 5.32 Å². The molecule has 1 N–H and O–H groups in total. The van der Waals surface area contributed by atoms with E-state index in [1.165, 1.54) is 21.2 Å². The predicted molar refractivity (Wildman–Crippen MR) is 162 cm³/mol. The Morgan fingerprint density at radius 3 is 2.10 bits per heavy atom. The molecule has 6 rings (SSSR count). The average molecular weight is 602 g/mol. The van der Waals surface area contributed by atoms with E-state index in [1.807, 2.05) is 31.2 Å². The van der Waals surface area contributed by atoms with Crippen LogP contribution in [0.3, 0.4) is 0 Å². The minimum absolute atomic E-state index is 0.236. The number of thiazole rings is 1. The molecule has 0 spiro atoms. The number of amides is 3. The summed E-state index contributed by atoms with van der Waals surface area (Å²) in [5.74, 6) is -0.995. The van der Waals surface area contributed by atoms with Crippen molar-refractivity contribution in [2.75, 3.05) is 24.4 Å². The first kappa shape index (κ1) is 27.8. The number of carbonyl (C=O) groups excluding carboxylic acids is 3. The molecule has 0 radical (unpaired) electrons. The van der Waals surface area contributed by atoms with Crippen LogP contribution in [0.4, 0.5) is 11.4 Å². The topological polar surface area (TPSA) is 107 Å². The Balaban J connectivity index is 1.38. The third-order valence-corrected chi connectivity index (χ3v) is 10.1. The van der Waals surface area contributed by atoms with Gasteiger partial charge in [-0.15, -0.1) is 0 Å². The van der Waals surface area contributed by atoms with Crippen molar-refractivity contribution in [3.63, 3.8) is 0 Å². The summed E-state index contributed by atoms with van der Waals surface area (Å²) in [6.07, 6.45) is 0. The van der Waals surface area contributed by atoms with Gasteiger partial charge >= 0.3 is 4.87 Å². The summed E-state index contributed by atoms with van der Waals surface area (Å²) in [5.41, 5.74) is 2.88. The molecule has 0 unspecified atom stereocenters. The van der Waals surface area contributed by atoms with Crippen molar-refractivity contribution in [1.82, 2.24) is 4.57 Å². The maximum Gasteiger partial charge on any atom is 0.308 e. The molecule has 3 heterocycles. The summed E-state index contributed by atoms with van der Waals surface area (Å²) >= 11 is 2.20. The van der Waals surface area contributed by atoms with E-state index in [0.29, 0.717) is 32.8 Å². The van der Waals surface area contributed by atoms with Gasteiger partial charge in [0.05, 0.1) is 30.9 Å². The summed E-state index contributed by atoms with van der Waals surface area (Å²) in [5, 5.41) is 2.58. The predicted octanol–water partition coefficient (Wildman–Crippen LogP) is 4.67. The van der Waals surface area contributed by atoms with Crippen molar-refractivity contribution in [3.8, 4) is 11.5 Å². The number of imide groups is 1. The minimum atomic E-state index is -0.761. The number of rotatable bonds is 7. The zero-order valence-corrected chi connectivity index (χ0v) is 24.7. The van der Waals surface area contributed by atoms with Gasteiger partial charge in [0.25, 0.3) is 0 Å². The Morgan fingerprint density at radius 1 is 0.857 bits per heavy atom. The van der Waals surface area contributed by atoms with Crippen LogP contribution in [0.15, 0.2) is 82.6 Å². The molecule has 0 aliphatic carbocycles. The van der Waals surface area contributed by atoms with E-state index in [9.17, 15) is 19.2 Å². The number of methoxy groups -OCH3 is 2. The number of ether oxygens (including phenoxy) is 2. The highest BCUT2D eigenvalue weighted by molar-refractivity contribution is 8.00. The number of hydrogen-bond donors (Lipinski definition) is 1. The van der Waals surface area contributed by atoms with Crippen LogP contribution in [-0.4, -0.2) is 41.8 Å². The van der Waals surface area contributed by atoms with Gasteiger partial charge in [-0.3, -0.25) is 23.7 Å². The number of carbonyl (C=O) groups is 3. The third kappa shape index (κ3) is 4.88. The lowest BCUT2D eigenvalue weighted by Crippen LogP contribution is -2.33. The van der Waals surface area contributed by atoms with Gasteiger partial charge in [-0.05, 0) is 61.0 Å². The van der Waals surface area contributed by atoms with E-state index in [0.717, 1.165) is 22.5 Å². The fourth-order valence-electron chi connectivity index (χ4n) is 5.39. The molecule has 2 aliphatic heterocycles. The molecule has 214 valence electrons. The van der Waals surface area contributed by atoms with Gasteiger partial charge in [0.1, 0.15) is 23.3 Å². The number of benzene rings is 3. The van der Waals surface area contributed by atoms with Gasteiger partial charge in [0, 0.05) is 16.5 Å². The molecule has 0 saturated carbocycles. The van der Waals surface area contributed by atoms with E-state index >= 15 is 0 Å². The second-order valence-electron chi connectivity index (χ2n) is 10.1. The molecule has 3 amide bonds. The van der Waals surface area contributed by atoms with Crippen molar-refractivity contribution in [2.24, 2.45) is 5.92 Å². The molecule has 1 saturated heterocycles. The number of aromatic nitrogens is 1. The number of nitrogens with zero attached hydrogens (tertiary/aromatic N) is 2. The molecule has 11 heteroatoms. The Bertz CT molecular complexity index is 1730. The van der Waals surface area contributed by atoms with Gasteiger partial charge in [0.2, 0.25) is 17.7 Å². The van der Waals surface area contributed by atoms with Crippen molar-refractivity contribution < 1.29 is 23.9 Å². The summed E-state index contributed by atoms with van der Waals surface area (Å²) in [4.78, 5) is 55.8. The highest BCUT2D eigenvalue weighted by Gasteiger charge is 2.56. The number of anilines is 2. The molecule has 0 bridgehead atoms. The van der Waals surface area contributed by atoms with Crippen molar-refractivity contribution in [3.05, 3.63) is 98.5 Å². The molecular weight excluding hydrogens is 574 g/mol. The Hall–Kier alpha value is -4.35. The van der Waals surface area contributed by atoms with Gasteiger partial charge in [-0.25, -0.2) is 4.90 Å². The van der Waals surface area contributed by atoms with Crippen LogP contribution in [-0.2, 0) is 20.9 Å². The molecule has 2 aliphatic rings. The molecule has 3 aromatic carbocycles. The van der Waals surface area contributed by atoms with Gasteiger partial charge in [-0.2, -0.15) is 0 Å². The van der Waals surface area contributed by atoms with Crippen LogP contribution >= 0.6 is 23.1 Å². The van der Waals surface area contributed by atoms with Crippen LogP contribution in [0.1, 0.15) is 21.9 Å². The molecule has 1 fully saturated rings. The summed E-state index contributed by atoms with van der Waals surface area (Å²) in [7, 11) is 3.13. The number of hydrogen-bond acceptors (Lipinski definition) is 8. The van der Waals surface area contributed by atoms with Crippen LogP contribution in [0.5, 0.6) is 11.5 Å². The lowest BCUT2D eigenvalue weighted by Gasteiger charge is -2.30. The van der Waals surface area contributed by atoms with E-state index in [1.54, 1.807) is 62.8 Å². The van der Waals surface area contributed by atoms with Gasteiger partial charge in [-0.1, -0.05) is 52.9 Å². The second-order valence-corrected chi connectivity index (χ2v) is 12.2. The maximum absolute atomic E-state index is 14.0. The monoisotopic (exact) mass is 601 g/mol. The zero-order chi connectivity index (χ0) is 29.5. The van der Waals surface area contributed by atoms with Crippen LogP contribution in [0.25, 0.3) is 0 Å². The molecule has 4 aromatic rings. The third-order valence-electron chi connectivity index (χ3n) is 7.49. The number of thioether (sulfide) groups is 1. The zero-order valence-electron chi connectivity index (χ0n) is 23.0. The van der Waals surface area contributed by atoms with E-state index in [-0.39, 0.29) is 29.1 Å². The lowest BCUT2D eigenvalue weighted by atomic mass is 9.83. The largest absolute Gasteiger partial charge is 0.497 e. The van der Waals surface area contributed by atoms with E-state index < -0.39 is 17.1 Å². The highest BCUT2D eigenvalue weighted by atomic mass is 32.2. The number of nitrogens with one attached hydrogen (secondary N) is 1. The first-order chi connectivity index (χ1) is 20.3. The van der Waals surface area contributed by atoms with Crippen LogP contribution in [0, 0.1) is 12.8 Å². The molecule has 42 heavy (non-hydrogen) atoms. The molecular formula is C31H27N3O6S2. The Labute approximate surface area is 250 Å². The van der Waals surface area contributed by atoms with Crippen molar-refractivity contribution in [2.45, 2.75) is 29.7 Å². The molecule has 1 aromatic heterocycles. The summed E-state index contributed by atoms with van der Waals surface area (Å²) in [6, 6.07) is 21.5. The van der Waals surface area contributed by atoms with Crippen molar-refractivity contribution >= 4 is 52.2 Å². The first-order valence-electron chi connectivity index (χ1n) is 13.2. The standard InChI is InChI=1S/C31H27N3O6S2/c1-17-4-10-20(11-5-17)34-28(36)25-24(18-6-12-21(39-2)13-7-18)27-30(41-26(25)29(34)37)33(31(38)42-27)16-23(35)32-19-8-14-22(40-3)15-9-19/h4-15,24-26H,16H2,1-3H3,(H,32,35)/t24-,25+,26-/m0/s1. The maximum atomic E-state index is 14.0. The minimum Gasteiger partial charge on any atom is -0.497 e. The number of fused-ring (bicyclic) bond motifs is 2. The van der Waals surface area contributed by atoms with Crippen LogP contribution < -0.4 is 24.6 Å². The van der Waals surface area contributed by atoms with Crippen LogP contribution in [0.2, 0.25) is 0 Å². The Morgan fingerprint density at radius 2 is 1.48 bits per heavy atom. The molecule has 3 atom stereocenters. The smallest absolute Gasteiger partial charge is 0.308 e. The second kappa shape index (κ2) is 11.1. The normalized spacial score (nSPS) is 19.3. The van der Waals surface area contributed by atoms with Gasteiger partial charge in [0.15, 0.2) is 0 Å². The molecule has 9 nitrogen and oxygen atoms in total. The Kier molecular flexibility index (Phi) is 7.38. The summed E-state index contributed by atoms with van der Waals surface area (Å²) in [6.45, 7) is 1.70. The SMILES string of the molecule is COc1ccc(NC(=O)Cn2c3c(sc2=O)[C@@H](c2ccc(OC)cc2)[C@H]2C(=O)N(c4ccc(C)cc4)C(=O)[C@H]2S3)cc1. The van der Waals surface area contributed by atoms with Crippen molar-refractivity contribution in [1.29, 1.82) is 0 Å². The quantitative estimate of drug-likeness (QED) is 0.307. The van der Waals surface area contributed by atoms with Gasteiger partial charge < -0.3 is 14.8 Å². The summed E-state index contributed by atoms with van der Waals surface area (Å²) < 4.78 is 11.9. The van der Waals surface area contributed by atoms with E-state index in [4.69, 9.17) is 9.47 Å². The fourth-order valence-corrected chi connectivity index (χ4v) is 8.17. The lowest BCUT2D eigenvalue weighted by molar-refractivity contribution is -0.122.